The molecule has 1 atom stereocenters. The summed E-state index contributed by atoms with van der Waals surface area (Å²) in [7, 11) is 0. The van der Waals surface area contributed by atoms with Crippen molar-refractivity contribution in [2.45, 2.75) is 19.2 Å². The molecule has 6 nitrogen and oxygen atoms in total. The van der Waals surface area contributed by atoms with E-state index in [1.165, 1.54) is 12.1 Å². The number of ether oxygens (including phenoxy) is 3. The van der Waals surface area contributed by atoms with Gasteiger partial charge in [-0.1, -0.05) is 0 Å². The Morgan fingerprint density at radius 1 is 0.893 bits per heavy atom. The van der Waals surface area contributed by atoms with Crippen molar-refractivity contribution in [2.75, 3.05) is 26.4 Å². The third-order valence-corrected chi connectivity index (χ3v) is 3.64. The number of aliphatic hydroxyl groups is 1. The molecule has 9 heteroatoms. The number of benzene rings is 2. The highest BCUT2D eigenvalue weighted by Gasteiger charge is 2.30. The van der Waals surface area contributed by atoms with E-state index in [0.717, 1.165) is 17.7 Å². The summed E-state index contributed by atoms with van der Waals surface area (Å²) in [5.41, 5.74) is 0.0290. The molecule has 0 amide bonds. The van der Waals surface area contributed by atoms with Crippen LogP contribution in [0.5, 0.6) is 17.2 Å². The first-order valence-corrected chi connectivity index (χ1v) is 8.40. The maximum absolute atomic E-state index is 12.5. The van der Waals surface area contributed by atoms with Gasteiger partial charge in [-0.3, -0.25) is 5.26 Å². The van der Waals surface area contributed by atoms with Crippen molar-refractivity contribution in [3.8, 4) is 17.2 Å². The first-order chi connectivity index (χ1) is 13.3. The van der Waals surface area contributed by atoms with E-state index in [1.807, 2.05) is 6.92 Å². The lowest BCUT2D eigenvalue weighted by molar-refractivity contribution is -0.245. The zero-order valence-corrected chi connectivity index (χ0v) is 15.1. The second-order valence-corrected chi connectivity index (χ2v) is 5.91. The third kappa shape index (κ3) is 6.91. The van der Waals surface area contributed by atoms with Crippen LogP contribution >= 0.6 is 0 Å². The molecule has 28 heavy (non-hydrogen) atoms. The fraction of sp³-hybridized carbons (Fsp3) is 0.368. The molecule has 0 fully saturated rings. The van der Waals surface area contributed by atoms with E-state index in [9.17, 15) is 18.3 Å². The molecule has 0 spiro atoms. The monoisotopic (exact) mass is 402 g/mol. The van der Waals surface area contributed by atoms with Gasteiger partial charge >= 0.3 is 6.18 Å². The molecule has 0 aromatic heterocycles. The van der Waals surface area contributed by atoms with Crippen molar-refractivity contribution in [1.82, 2.24) is 0 Å². The van der Waals surface area contributed by atoms with Crippen molar-refractivity contribution in [2.24, 2.45) is 0 Å². The van der Waals surface area contributed by atoms with E-state index in [4.69, 9.17) is 19.5 Å². The highest BCUT2D eigenvalue weighted by Crippen LogP contribution is 2.30. The summed E-state index contributed by atoms with van der Waals surface area (Å²) < 4.78 is 53.7. The number of rotatable bonds is 10. The maximum atomic E-state index is 12.5. The number of hydrogen-bond donors (Lipinski definition) is 2. The van der Waals surface area contributed by atoms with Gasteiger partial charge in [0.05, 0.1) is 5.56 Å². The van der Waals surface area contributed by atoms with Crippen molar-refractivity contribution in [3.05, 3.63) is 53.6 Å². The van der Waals surface area contributed by atoms with Gasteiger partial charge in [0.15, 0.2) is 0 Å². The van der Waals surface area contributed by atoms with Crippen LogP contribution in [0.4, 0.5) is 13.2 Å². The fourth-order valence-corrected chi connectivity index (χ4v) is 2.24. The molecule has 1 unspecified atom stereocenters. The normalized spacial score (nSPS) is 12.5. The van der Waals surface area contributed by atoms with Crippen LogP contribution in [0.3, 0.4) is 0 Å². The largest absolute Gasteiger partial charge is 0.491 e. The zero-order valence-electron chi connectivity index (χ0n) is 15.1. The highest BCUT2D eigenvalue weighted by atomic mass is 19.4. The summed E-state index contributed by atoms with van der Waals surface area (Å²) >= 11 is 0. The molecule has 154 valence electrons. The van der Waals surface area contributed by atoms with Crippen LogP contribution in [0.1, 0.15) is 11.1 Å². The lowest BCUT2D eigenvalue weighted by Gasteiger charge is -2.15. The Kier molecular flexibility index (Phi) is 7.91. The van der Waals surface area contributed by atoms with Gasteiger partial charge in [0, 0.05) is 0 Å². The van der Waals surface area contributed by atoms with E-state index < -0.39 is 17.8 Å². The van der Waals surface area contributed by atoms with E-state index in [0.29, 0.717) is 11.5 Å². The van der Waals surface area contributed by atoms with Crippen LogP contribution in [-0.4, -0.2) is 42.9 Å². The number of halogens is 3. The molecule has 0 radical (unpaired) electrons. The maximum Gasteiger partial charge on any atom is 0.416 e. The minimum atomic E-state index is -4.41. The van der Waals surface area contributed by atoms with Crippen molar-refractivity contribution in [3.63, 3.8) is 0 Å². The molecule has 2 aromatic rings. The Labute approximate surface area is 160 Å². The SMILES string of the molecule is Cc1cc(OCC(O)COc2ccc(C(F)(F)F)cc2)ccc1OCCOO. The summed E-state index contributed by atoms with van der Waals surface area (Å²) in [6.45, 7) is 1.86. The minimum absolute atomic E-state index is 0.0445. The predicted octanol–water partition coefficient (Wildman–Crippen LogP) is 3.70. The van der Waals surface area contributed by atoms with E-state index in [-0.39, 0.29) is 32.2 Å². The lowest BCUT2D eigenvalue weighted by atomic mass is 10.2. The lowest BCUT2D eigenvalue weighted by Crippen LogP contribution is -2.25. The van der Waals surface area contributed by atoms with Gasteiger partial charge in [0.25, 0.3) is 0 Å². The van der Waals surface area contributed by atoms with Crippen LogP contribution in [0.15, 0.2) is 42.5 Å². The van der Waals surface area contributed by atoms with E-state index in [2.05, 4.69) is 4.89 Å². The second-order valence-electron chi connectivity index (χ2n) is 5.91. The predicted molar refractivity (Wildman–Crippen MR) is 93.7 cm³/mol. The molecule has 0 aliphatic heterocycles. The summed E-state index contributed by atoms with van der Waals surface area (Å²) in [6, 6.07) is 9.28. The van der Waals surface area contributed by atoms with Gasteiger partial charge in [-0.25, -0.2) is 4.89 Å². The van der Waals surface area contributed by atoms with Gasteiger partial charge in [0.1, 0.15) is 49.8 Å². The van der Waals surface area contributed by atoms with Crippen LogP contribution in [0.25, 0.3) is 0 Å². The van der Waals surface area contributed by atoms with Crippen LogP contribution in [0.2, 0.25) is 0 Å². The summed E-state index contributed by atoms with van der Waals surface area (Å²) in [6.07, 6.45) is -5.38. The quantitative estimate of drug-likeness (QED) is 0.359. The number of alkyl halides is 3. The molecular weight excluding hydrogens is 381 g/mol. The van der Waals surface area contributed by atoms with E-state index >= 15 is 0 Å². The van der Waals surface area contributed by atoms with Crippen molar-refractivity contribution in [1.29, 1.82) is 0 Å². The molecule has 0 heterocycles. The third-order valence-electron chi connectivity index (χ3n) is 3.64. The molecule has 2 N–H and O–H groups in total. The standard InChI is InChI=1S/C19H21F3O6/c1-13-10-17(6-7-18(13)25-8-9-28-24)27-12-15(23)11-26-16-4-2-14(3-5-16)19(20,21)22/h2-7,10,15,23-24H,8-9,11-12H2,1H3. The average molecular weight is 402 g/mol. The van der Waals surface area contributed by atoms with Gasteiger partial charge in [-0.15, -0.1) is 0 Å². The van der Waals surface area contributed by atoms with Crippen molar-refractivity contribution >= 4 is 0 Å². The Bertz CT molecular complexity index is 733. The van der Waals surface area contributed by atoms with Gasteiger partial charge < -0.3 is 19.3 Å². The zero-order chi connectivity index (χ0) is 20.6. The Morgan fingerprint density at radius 3 is 2.07 bits per heavy atom. The van der Waals surface area contributed by atoms with Gasteiger partial charge in [-0.2, -0.15) is 13.2 Å². The van der Waals surface area contributed by atoms with Crippen LogP contribution in [0, 0.1) is 6.92 Å². The molecule has 0 bridgehead atoms. The average Bonchev–Trinajstić information content (AvgIpc) is 2.66. The smallest absolute Gasteiger partial charge is 0.416 e. The molecule has 2 rings (SSSR count). The molecular formula is C19H21F3O6. The van der Waals surface area contributed by atoms with Gasteiger partial charge in [-0.05, 0) is 55.0 Å². The molecule has 2 aromatic carbocycles. The fourth-order valence-electron chi connectivity index (χ4n) is 2.24. The summed E-state index contributed by atoms with van der Waals surface area (Å²) in [4.78, 5) is 3.93. The molecule has 0 saturated carbocycles. The first kappa shape index (κ1) is 21.8. The Hall–Kier alpha value is -2.49. The number of aliphatic hydroxyl groups excluding tert-OH is 1. The molecule has 0 aliphatic rings. The van der Waals surface area contributed by atoms with Crippen LogP contribution in [-0.2, 0) is 11.1 Å². The van der Waals surface area contributed by atoms with Crippen molar-refractivity contribution < 1.29 is 42.6 Å². The van der Waals surface area contributed by atoms with Crippen LogP contribution < -0.4 is 14.2 Å². The number of hydrogen-bond acceptors (Lipinski definition) is 6. The Balaban J connectivity index is 1.77. The van der Waals surface area contributed by atoms with E-state index in [1.54, 1.807) is 18.2 Å². The van der Waals surface area contributed by atoms with Gasteiger partial charge in [0.2, 0.25) is 0 Å². The Morgan fingerprint density at radius 2 is 1.50 bits per heavy atom. The molecule has 0 saturated heterocycles. The first-order valence-electron chi connectivity index (χ1n) is 8.40. The number of aryl methyl sites for hydroxylation is 1. The highest BCUT2D eigenvalue weighted by molar-refractivity contribution is 5.39. The second kappa shape index (κ2) is 10.2. The summed E-state index contributed by atoms with van der Waals surface area (Å²) in [5.74, 6) is 1.34. The minimum Gasteiger partial charge on any atom is -0.491 e. The molecule has 0 aliphatic carbocycles. The topological polar surface area (TPSA) is 77.4 Å². The summed E-state index contributed by atoms with van der Waals surface area (Å²) in [5, 5.41) is 18.2.